The lowest BCUT2D eigenvalue weighted by atomic mass is 9.90. The van der Waals surface area contributed by atoms with E-state index in [0.717, 1.165) is 25.7 Å². The molecule has 1 aliphatic rings. The largest absolute Gasteiger partial charge is 0.353 e. The van der Waals surface area contributed by atoms with E-state index in [2.05, 4.69) is 5.32 Å². The lowest BCUT2D eigenvalue weighted by Gasteiger charge is -2.29. The zero-order chi connectivity index (χ0) is 12.1. The zero-order valence-electron chi connectivity index (χ0n) is 10.4. The highest BCUT2D eigenvalue weighted by Crippen LogP contribution is 2.18. The Morgan fingerprint density at radius 1 is 1.31 bits per heavy atom. The molecule has 0 aromatic heterocycles. The second-order valence-electron chi connectivity index (χ2n) is 5.21. The van der Waals surface area contributed by atoms with Gasteiger partial charge in [-0.25, -0.2) is 0 Å². The fourth-order valence-electron chi connectivity index (χ4n) is 2.25. The molecule has 0 saturated heterocycles. The first-order valence-electron chi connectivity index (χ1n) is 6.30. The Hall–Kier alpha value is -0.610. The van der Waals surface area contributed by atoms with Crippen molar-refractivity contribution in [3.8, 4) is 0 Å². The van der Waals surface area contributed by atoms with Gasteiger partial charge in [0.1, 0.15) is 0 Å². The summed E-state index contributed by atoms with van der Waals surface area (Å²) in [6, 6.07) is 0.628. The monoisotopic (exact) mass is 227 g/mol. The molecule has 0 aromatic rings. The summed E-state index contributed by atoms with van der Waals surface area (Å²) in [4.78, 5) is 11.9. The molecule has 0 spiro atoms. The lowest BCUT2D eigenvalue weighted by molar-refractivity contribution is -0.126. The fourth-order valence-corrected chi connectivity index (χ4v) is 2.25. The molecule has 0 aliphatic heterocycles. The summed E-state index contributed by atoms with van der Waals surface area (Å²) in [5.41, 5.74) is 11.5. The minimum atomic E-state index is -0.0596. The molecule has 16 heavy (non-hydrogen) atoms. The predicted molar refractivity (Wildman–Crippen MR) is 65.8 cm³/mol. The van der Waals surface area contributed by atoms with Crippen molar-refractivity contribution in [3.63, 3.8) is 0 Å². The van der Waals surface area contributed by atoms with E-state index in [1.165, 1.54) is 0 Å². The van der Waals surface area contributed by atoms with Crippen LogP contribution in [0.3, 0.4) is 0 Å². The molecule has 0 radical (unpaired) electrons. The SMILES string of the molecule is CC(C)C(CN)C(=O)NC1CCC(N)CC1. The smallest absolute Gasteiger partial charge is 0.224 e. The average molecular weight is 227 g/mol. The van der Waals surface area contributed by atoms with E-state index in [1.807, 2.05) is 13.8 Å². The maximum absolute atomic E-state index is 11.9. The van der Waals surface area contributed by atoms with Crippen LogP contribution in [-0.4, -0.2) is 24.5 Å². The van der Waals surface area contributed by atoms with Gasteiger partial charge in [-0.3, -0.25) is 4.79 Å². The molecule has 1 fully saturated rings. The van der Waals surface area contributed by atoms with Gasteiger partial charge in [0.2, 0.25) is 5.91 Å². The number of nitrogens with one attached hydrogen (secondary N) is 1. The highest BCUT2D eigenvalue weighted by molar-refractivity contribution is 5.79. The molecule has 4 nitrogen and oxygen atoms in total. The van der Waals surface area contributed by atoms with Gasteiger partial charge < -0.3 is 16.8 Å². The van der Waals surface area contributed by atoms with Gasteiger partial charge in [-0.15, -0.1) is 0 Å². The van der Waals surface area contributed by atoms with E-state index < -0.39 is 0 Å². The first kappa shape index (κ1) is 13.5. The summed E-state index contributed by atoms with van der Waals surface area (Å²) in [6.45, 7) is 4.50. The Kier molecular flexibility index (Phi) is 5.22. The standard InChI is InChI=1S/C12H25N3O/c1-8(2)11(7-13)12(16)15-10-5-3-9(14)4-6-10/h8-11H,3-7,13-14H2,1-2H3,(H,15,16). The lowest BCUT2D eigenvalue weighted by Crippen LogP contribution is -2.45. The van der Waals surface area contributed by atoms with Crippen LogP contribution in [0.25, 0.3) is 0 Å². The molecule has 1 unspecified atom stereocenters. The molecule has 0 aromatic carbocycles. The fraction of sp³-hybridized carbons (Fsp3) is 0.917. The summed E-state index contributed by atoms with van der Waals surface area (Å²) in [5.74, 6) is 0.351. The Balaban J connectivity index is 2.38. The third-order valence-electron chi connectivity index (χ3n) is 3.51. The van der Waals surface area contributed by atoms with Crippen molar-refractivity contribution in [3.05, 3.63) is 0 Å². The van der Waals surface area contributed by atoms with Crippen LogP contribution < -0.4 is 16.8 Å². The van der Waals surface area contributed by atoms with E-state index in [1.54, 1.807) is 0 Å². The Bertz CT molecular complexity index is 222. The Morgan fingerprint density at radius 2 is 1.88 bits per heavy atom. The van der Waals surface area contributed by atoms with Crippen molar-refractivity contribution in [2.75, 3.05) is 6.54 Å². The summed E-state index contributed by atoms with van der Waals surface area (Å²) < 4.78 is 0. The molecule has 94 valence electrons. The maximum Gasteiger partial charge on any atom is 0.224 e. The number of carbonyl (C=O) groups is 1. The molecule has 1 saturated carbocycles. The van der Waals surface area contributed by atoms with Gasteiger partial charge in [0.05, 0.1) is 5.92 Å². The highest BCUT2D eigenvalue weighted by atomic mass is 16.2. The number of carbonyl (C=O) groups excluding carboxylic acids is 1. The predicted octanol–water partition coefficient (Wildman–Crippen LogP) is 0.603. The molecule has 0 heterocycles. The van der Waals surface area contributed by atoms with E-state index >= 15 is 0 Å². The molecule has 5 N–H and O–H groups in total. The van der Waals surface area contributed by atoms with Crippen molar-refractivity contribution >= 4 is 5.91 Å². The van der Waals surface area contributed by atoms with Crippen molar-refractivity contribution in [1.82, 2.24) is 5.32 Å². The molecule has 1 aliphatic carbocycles. The maximum atomic E-state index is 11.9. The molecular weight excluding hydrogens is 202 g/mol. The average Bonchev–Trinajstić information content (AvgIpc) is 2.22. The highest BCUT2D eigenvalue weighted by Gasteiger charge is 2.25. The molecule has 1 amide bonds. The molecule has 1 rings (SSSR count). The van der Waals surface area contributed by atoms with Crippen LogP contribution >= 0.6 is 0 Å². The number of hydrogen-bond acceptors (Lipinski definition) is 3. The second-order valence-corrected chi connectivity index (χ2v) is 5.21. The van der Waals surface area contributed by atoms with E-state index in [9.17, 15) is 4.79 Å². The van der Waals surface area contributed by atoms with E-state index in [0.29, 0.717) is 24.5 Å². The molecule has 0 bridgehead atoms. The topological polar surface area (TPSA) is 81.1 Å². The van der Waals surface area contributed by atoms with Gasteiger partial charge in [-0.05, 0) is 31.6 Å². The zero-order valence-corrected chi connectivity index (χ0v) is 10.4. The van der Waals surface area contributed by atoms with Crippen LogP contribution in [0.2, 0.25) is 0 Å². The first-order chi connectivity index (χ1) is 7.54. The first-order valence-corrected chi connectivity index (χ1v) is 6.30. The third-order valence-corrected chi connectivity index (χ3v) is 3.51. The normalized spacial score (nSPS) is 27.8. The number of hydrogen-bond donors (Lipinski definition) is 3. The number of amides is 1. The van der Waals surface area contributed by atoms with E-state index in [-0.39, 0.29) is 11.8 Å². The Morgan fingerprint density at radius 3 is 2.31 bits per heavy atom. The van der Waals surface area contributed by atoms with Gasteiger partial charge in [-0.2, -0.15) is 0 Å². The van der Waals surface area contributed by atoms with Gasteiger partial charge >= 0.3 is 0 Å². The van der Waals surface area contributed by atoms with Crippen LogP contribution in [0, 0.1) is 11.8 Å². The molecule has 1 atom stereocenters. The van der Waals surface area contributed by atoms with Crippen molar-refractivity contribution in [1.29, 1.82) is 0 Å². The van der Waals surface area contributed by atoms with Crippen LogP contribution in [0.15, 0.2) is 0 Å². The van der Waals surface area contributed by atoms with Gasteiger partial charge in [0.25, 0.3) is 0 Å². The van der Waals surface area contributed by atoms with Crippen LogP contribution in [-0.2, 0) is 4.79 Å². The number of rotatable bonds is 4. The third kappa shape index (κ3) is 3.76. The number of nitrogens with two attached hydrogens (primary N) is 2. The van der Waals surface area contributed by atoms with Crippen molar-refractivity contribution < 1.29 is 4.79 Å². The summed E-state index contributed by atoms with van der Waals surface area (Å²) in [7, 11) is 0. The quantitative estimate of drug-likeness (QED) is 0.658. The van der Waals surface area contributed by atoms with Crippen molar-refractivity contribution in [2.24, 2.45) is 23.3 Å². The summed E-state index contributed by atoms with van der Waals surface area (Å²) in [6.07, 6.45) is 4.03. The molecular formula is C12H25N3O. The van der Waals surface area contributed by atoms with Crippen LogP contribution in [0.1, 0.15) is 39.5 Å². The van der Waals surface area contributed by atoms with Gasteiger partial charge in [0, 0.05) is 18.6 Å². The van der Waals surface area contributed by atoms with Gasteiger partial charge in [0.15, 0.2) is 0 Å². The van der Waals surface area contributed by atoms with Crippen LogP contribution in [0.5, 0.6) is 0 Å². The van der Waals surface area contributed by atoms with E-state index in [4.69, 9.17) is 11.5 Å². The minimum absolute atomic E-state index is 0.0596. The van der Waals surface area contributed by atoms with Crippen LogP contribution in [0.4, 0.5) is 0 Å². The Labute approximate surface area is 98.1 Å². The van der Waals surface area contributed by atoms with Crippen molar-refractivity contribution in [2.45, 2.75) is 51.6 Å². The second kappa shape index (κ2) is 6.21. The summed E-state index contributed by atoms with van der Waals surface area (Å²) >= 11 is 0. The molecule has 4 heteroatoms. The minimum Gasteiger partial charge on any atom is -0.353 e. The van der Waals surface area contributed by atoms with Gasteiger partial charge in [-0.1, -0.05) is 13.8 Å². The summed E-state index contributed by atoms with van der Waals surface area (Å²) in [5, 5.41) is 3.10.